The first-order chi connectivity index (χ1) is 18.7. The van der Waals surface area contributed by atoms with Gasteiger partial charge < -0.3 is 30.9 Å². The number of nitrogens with one attached hydrogen (secondary N) is 2. The molecule has 0 fully saturated rings. The molecule has 0 aliphatic heterocycles. The molecular weight excluding hydrogens is 502 g/mol. The topological polar surface area (TPSA) is 157 Å². The first kappa shape index (κ1) is 36.5. The first-order valence-corrected chi connectivity index (χ1v) is 14.6. The molecule has 0 bridgehead atoms. The number of ether oxygens (including phenoxy) is 2. The lowest BCUT2D eigenvalue weighted by Gasteiger charge is -2.14. The van der Waals surface area contributed by atoms with Crippen LogP contribution in [0.15, 0.2) is 12.2 Å². The number of carbonyl (C=O) groups is 4. The van der Waals surface area contributed by atoms with Crippen LogP contribution in [0.5, 0.6) is 0 Å². The Labute approximate surface area is 234 Å². The number of aliphatic carboxylic acids is 1. The maximum absolute atomic E-state index is 12.2. The Morgan fingerprint density at radius 1 is 0.744 bits per heavy atom. The van der Waals surface area contributed by atoms with E-state index in [1.165, 1.54) is 63.4 Å². The van der Waals surface area contributed by atoms with E-state index in [0.717, 1.165) is 25.7 Å². The van der Waals surface area contributed by atoms with Crippen molar-refractivity contribution in [2.24, 2.45) is 5.73 Å². The number of hydrogen-bond donors (Lipinski definition) is 4. The summed E-state index contributed by atoms with van der Waals surface area (Å²) in [5.74, 6) is -2.32. The van der Waals surface area contributed by atoms with Crippen LogP contribution >= 0.6 is 0 Å². The number of allylic oxidation sites excluding steroid dienone is 1. The zero-order valence-corrected chi connectivity index (χ0v) is 24.1. The van der Waals surface area contributed by atoms with Crippen LogP contribution < -0.4 is 16.4 Å². The van der Waals surface area contributed by atoms with Crippen LogP contribution in [-0.4, -0.2) is 67.8 Å². The molecule has 226 valence electrons. The number of nitrogens with two attached hydrogens (primary N) is 1. The van der Waals surface area contributed by atoms with Gasteiger partial charge in [0.15, 0.2) is 0 Å². The van der Waals surface area contributed by atoms with Crippen molar-refractivity contribution < 1.29 is 33.8 Å². The molecule has 0 spiro atoms. The fourth-order valence-electron chi connectivity index (χ4n) is 4.02. The summed E-state index contributed by atoms with van der Waals surface area (Å²) in [7, 11) is 0. The summed E-state index contributed by atoms with van der Waals surface area (Å²) >= 11 is 0. The highest BCUT2D eigenvalue weighted by molar-refractivity contribution is 5.84. The molecule has 0 heterocycles. The Morgan fingerprint density at radius 2 is 1.26 bits per heavy atom. The van der Waals surface area contributed by atoms with Crippen molar-refractivity contribution in [3.05, 3.63) is 12.2 Å². The predicted molar refractivity (Wildman–Crippen MR) is 152 cm³/mol. The Kier molecular flexibility index (Phi) is 24.2. The van der Waals surface area contributed by atoms with Crippen LogP contribution in [0.3, 0.4) is 0 Å². The van der Waals surface area contributed by atoms with Crippen LogP contribution in [0.2, 0.25) is 0 Å². The minimum atomic E-state index is -1.15. The van der Waals surface area contributed by atoms with Gasteiger partial charge >= 0.3 is 5.97 Å². The number of rotatable bonds is 28. The second-order valence-corrected chi connectivity index (χ2v) is 10.2. The van der Waals surface area contributed by atoms with Gasteiger partial charge in [-0.1, -0.05) is 69.8 Å². The van der Waals surface area contributed by atoms with E-state index >= 15 is 0 Å². The van der Waals surface area contributed by atoms with Crippen molar-refractivity contribution in [1.29, 1.82) is 0 Å². The third-order valence-electron chi connectivity index (χ3n) is 6.24. The van der Waals surface area contributed by atoms with E-state index in [4.69, 9.17) is 15.2 Å². The lowest BCUT2D eigenvalue weighted by molar-refractivity contribution is -0.142. The van der Waals surface area contributed by atoms with E-state index in [9.17, 15) is 24.3 Å². The van der Waals surface area contributed by atoms with Gasteiger partial charge in [-0.15, -0.1) is 6.58 Å². The number of carboxylic acid groups (broad SMARTS) is 1. The number of carboxylic acids is 1. The standard InChI is InChI=1S/C29H53N3O7/c1-24(2)15-13-11-9-7-5-3-4-6-8-10-12-14-16-28(35)32-25(29(36)37)17-18-27(34)31-19-20-38-21-22-39-23-26(30)33/h25H,1,3-23H2,2H3,(H2,30,33)(H,31,34)(H,32,35)(H,36,37)/t25-/m0/s1. The van der Waals surface area contributed by atoms with E-state index in [1.807, 2.05) is 0 Å². The molecule has 0 rings (SSSR count). The monoisotopic (exact) mass is 555 g/mol. The van der Waals surface area contributed by atoms with Gasteiger partial charge in [-0.05, 0) is 32.6 Å². The summed E-state index contributed by atoms with van der Waals surface area (Å²) in [5.41, 5.74) is 6.22. The number of hydrogen-bond acceptors (Lipinski definition) is 6. The molecule has 0 saturated carbocycles. The Bertz CT molecular complexity index is 700. The van der Waals surface area contributed by atoms with Crippen LogP contribution in [0, 0.1) is 0 Å². The Balaban J connectivity index is 3.70. The van der Waals surface area contributed by atoms with Gasteiger partial charge in [-0.2, -0.15) is 0 Å². The van der Waals surface area contributed by atoms with Gasteiger partial charge in [0, 0.05) is 19.4 Å². The molecule has 10 heteroatoms. The summed E-state index contributed by atoms with van der Waals surface area (Å²) in [6.45, 7) is 6.85. The average molecular weight is 556 g/mol. The second kappa shape index (κ2) is 25.8. The van der Waals surface area contributed by atoms with Crippen molar-refractivity contribution in [2.45, 2.75) is 116 Å². The smallest absolute Gasteiger partial charge is 0.326 e. The molecule has 5 N–H and O–H groups in total. The van der Waals surface area contributed by atoms with Gasteiger partial charge in [0.05, 0.1) is 19.8 Å². The fourth-order valence-corrected chi connectivity index (χ4v) is 4.02. The molecule has 0 aromatic heterocycles. The third-order valence-corrected chi connectivity index (χ3v) is 6.24. The van der Waals surface area contributed by atoms with Crippen LogP contribution in [0.4, 0.5) is 0 Å². The maximum Gasteiger partial charge on any atom is 0.326 e. The molecule has 0 unspecified atom stereocenters. The third kappa shape index (κ3) is 26.9. The number of amides is 3. The van der Waals surface area contributed by atoms with Crippen molar-refractivity contribution in [3.63, 3.8) is 0 Å². The summed E-state index contributed by atoms with van der Waals surface area (Å²) < 4.78 is 10.2. The summed E-state index contributed by atoms with van der Waals surface area (Å²) in [5, 5.41) is 14.5. The van der Waals surface area contributed by atoms with Gasteiger partial charge in [-0.25, -0.2) is 4.79 Å². The molecule has 39 heavy (non-hydrogen) atoms. The molecule has 0 radical (unpaired) electrons. The Morgan fingerprint density at radius 3 is 1.77 bits per heavy atom. The maximum atomic E-state index is 12.2. The van der Waals surface area contributed by atoms with Gasteiger partial charge in [0.25, 0.3) is 0 Å². The van der Waals surface area contributed by atoms with Crippen LogP contribution in [0.25, 0.3) is 0 Å². The van der Waals surface area contributed by atoms with Crippen molar-refractivity contribution in [3.8, 4) is 0 Å². The van der Waals surface area contributed by atoms with Gasteiger partial charge in [-0.3, -0.25) is 14.4 Å². The Hall–Kier alpha value is -2.46. The van der Waals surface area contributed by atoms with Crippen LogP contribution in [0.1, 0.15) is 110 Å². The molecule has 0 saturated heterocycles. The average Bonchev–Trinajstić information content (AvgIpc) is 2.87. The molecule has 3 amide bonds. The molecule has 0 aliphatic rings. The molecular formula is C29H53N3O7. The van der Waals surface area contributed by atoms with E-state index in [-0.39, 0.29) is 57.6 Å². The first-order valence-electron chi connectivity index (χ1n) is 14.6. The number of primary amides is 1. The van der Waals surface area contributed by atoms with Crippen molar-refractivity contribution >= 4 is 23.7 Å². The molecule has 0 aromatic rings. The highest BCUT2D eigenvalue weighted by atomic mass is 16.5. The lowest BCUT2D eigenvalue weighted by Crippen LogP contribution is -2.41. The zero-order valence-electron chi connectivity index (χ0n) is 24.1. The molecule has 0 aliphatic carbocycles. The molecule has 0 aromatic carbocycles. The van der Waals surface area contributed by atoms with E-state index in [2.05, 4.69) is 24.1 Å². The quantitative estimate of drug-likeness (QED) is 0.0839. The SMILES string of the molecule is C=C(C)CCCCCCCCCCCCCCC(=O)N[C@@H](CCC(=O)NCCOCCOCC(N)=O)C(=O)O. The fraction of sp³-hybridized carbons (Fsp3) is 0.793. The highest BCUT2D eigenvalue weighted by Gasteiger charge is 2.20. The minimum absolute atomic E-state index is 0.0171. The van der Waals surface area contributed by atoms with E-state index in [1.54, 1.807) is 0 Å². The molecule has 10 nitrogen and oxygen atoms in total. The lowest BCUT2D eigenvalue weighted by atomic mass is 10.0. The van der Waals surface area contributed by atoms with Crippen molar-refractivity contribution in [2.75, 3.05) is 33.0 Å². The summed E-state index contributed by atoms with van der Waals surface area (Å²) in [4.78, 5) is 46.1. The van der Waals surface area contributed by atoms with E-state index < -0.39 is 17.9 Å². The summed E-state index contributed by atoms with van der Waals surface area (Å²) in [6.07, 6.45) is 15.7. The predicted octanol–water partition coefficient (Wildman–Crippen LogP) is 4.01. The largest absolute Gasteiger partial charge is 0.480 e. The van der Waals surface area contributed by atoms with E-state index in [0.29, 0.717) is 6.42 Å². The second-order valence-electron chi connectivity index (χ2n) is 10.2. The number of unbranched alkanes of at least 4 members (excludes halogenated alkanes) is 11. The van der Waals surface area contributed by atoms with Crippen molar-refractivity contribution in [1.82, 2.24) is 10.6 Å². The van der Waals surface area contributed by atoms with Gasteiger partial charge in [0.1, 0.15) is 12.6 Å². The van der Waals surface area contributed by atoms with Crippen LogP contribution in [-0.2, 0) is 28.7 Å². The minimum Gasteiger partial charge on any atom is -0.480 e. The molecule has 1 atom stereocenters. The zero-order chi connectivity index (χ0) is 29.1. The highest BCUT2D eigenvalue weighted by Crippen LogP contribution is 2.14. The normalized spacial score (nSPS) is 11.6. The van der Waals surface area contributed by atoms with Gasteiger partial charge in [0.2, 0.25) is 17.7 Å². The number of carbonyl (C=O) groups excluding carboxylic acids is 3. The summed E-state index contributed by atoms with van der Waals surface area (Å²) in [6, 6.07) is -1.09.